The Kier molecular flexibility index (Phi) is 3.74. The van der Waals surface area contributed by atoms with Crippen LogP contribution in [0.15, 0.2) is 22.5 Å². The summed E-state index contributed by atoms with van der Waals surface area (Å²) >= 11 is 0. The summed E-state index contributed by atoms with van der Waals surface area (Å²) in [7, 11) is 2.85. The van der Waals surface area contributed by atoms with Gasteiger partial charge in [0.1, 0.15) is 0 Å². The molecule has 0 saturated carbocycles. The van der Waals surface area contributed by atoms with Crippen LogP contribution in [-0.4, -0.2) is 0 Å². The van der Waals surface area contributed by atoms with E-state index in [0.717, 1.165) is 0 Å². The molecule has 1 aliphatic carbocycles. The highest BCUT2D eigenvalue weighted by Gasteiger charge is 2.16. The zero-order valence-electron chi connectivity index (χ0n) is 9.22. The predicted octanol–water partition coefficient (Wildman–Crippen LogP) is 4.15. The van der Waals surface area contributed by atoms with E-state index in [4.69, 9.17) is 0 Å². The molecule has 0 amide bonds. The molecule has 0 aromatic heterocycles. The van der Waals surface area contributed by atoms with E-state index < -0.39 is 0 Å². The molecular formula is C12H21P. The highest BCUT2D eigenvalue weighted by molar-refractivity contribution is 7.22. The molecule has 74 valence electrons. The van der Waals surface area contributed by atoms with Crippen LogP contribution in [0.2, 0.25) is 0 Å². The second kappa shape index (κ2) is 4.42. The zero-order valence-corrected chi connectivity index (χ0v) is 10.4. The lowest BCUT2D eigenvalue weighted by molar-refractivity contribution is 0.655. The second-order valence-electron chi connectivity index (χ2n) is 4.51. The van der Waals surface area contributed by atoms with Crippen LogP contribution in [-0.2, 0) is 0 Å². The fourth-order valence-electron chi connectivity index (χ4n) is 1.95. The molecule has 1 rings (SSSR count). The summed E-state index contributed by atoms with van der Waals surface area (Å²) < 4.78 is 0. The Morgan fingerprint density at radius 3 is 2.15 bits per heavy atom. The van der Waals surface area contributed by atoms with Crippen LogP contribution in [0.4, 0.5) is 0 Å². The predicted molar refractivity (Wildman–Crippen MR) is 63.7 cm³/mol. The maximum absolute atomic E-state index is 2.85. The van der Waals surface area contributed by atoms with Crippen LogP contribution in [0.25, 0.3) is 0 Å². The summed E-state index contributed by atoms with van der Waals surface area (Å²) in [6.45, 7) is 9.19. The maximum Gasteiger partial charge on any atom is -0.0219 e. The van der Waals surface area contributed by atoms with Gasteiger partial charge in [0.2, 0.25) is 0 Å². The third-order valence-corrected chi connectivity index (χ3v) is 3.17. The van der Waals surface area contributed by atoms with Gasteiger partial charge in [-0.25, -0.2) is 0 Å². The molecule has 0 aliphatic heterocycles. The highest BCUT2D eigenvalue weighted by Crippen LogP contribution is 2.34. The molecule has 0 N–H and O–H groups in total. The van der Waals surface area contributed by atoms with E-state index in [1.807, 2.05) is 0 Å². The normalized spacial score (nSPS) is 18.5. The second-order valence-corrected chi connectivity index (χ2v) is 5.25. The smallest absolute Gasteiger partial charge is 0.0219 e. The fourth-order valence-corrected chi connectivity index (χ4v) is 2.27. The molecular weight excluding hydrogens is 175 g/mol. The molecule has 0 fully saturated rings. The standard InChI is InChI=1S/C12H21P/c1-8(2)11-6-5-10(13)7-12(11)9(3)4/h7-9H,5-6,13H2,1-4H3. The van der Waals surface area contributed by atoms with Crippen molar-refractivity contribution in [3.8, 4) is 0 Å². The first-order valence-electron chi connectivity index (χ1n) is 5.21. The molecule has 0 heterocycles. The Bertz CT molecular complexity index is 244. The van der Waals surface area contributed by atoms with Gasteiger partial charge in [-0.15, -0.1) is 9.24 Å². The van der Waals surface area contributed by atoms with Gasteiger partial charge in [0, 0.05) is 0 Å². The van der Waals surface area contributed by atoms with Gasteiger partial charge < -0.3 is 0 Å². The van der Waals surface area contributed by atoms with Crippen LogP contribution in [0.5, 0.6) is 0 Å². The van der Waals surface area contributed by atoms with E-state index in [2.05, 4.69) is 43.0 Å². The van der Waals surface area contributed by atoms with Crippen molar-refractivity contribution in [3.63, 3.8) is 0 Å². The summed E-state index contributed by atoms with van der Waals surface area (Å²) in [5.74, 6) is 1.39. The third-order valence-electron chi connectivity index (χ3n) is 2.71. The van der Waals surface area contributed by atoms with Crippen molar-refractivity contribution >= 4 is 9.24 Å². The molecule has 1 aliphatic rings. The van der Waals surface area contributed by atoms with Crippen molar-refractivity contribution in [2.24, 2.45) is 11.8 Å². The molecule has 0 aromatic carbocycles. The molecule has 0 aromatic rings. The summed E-state index contributed by atoms with van der Waals surface area (Å²) in [6, 6.07) is 0. The minimum absolute atomic E-state index is 0.674. The third kappa shape index (κ3) is 2.68. The monoisotopic (exact) mass is 196 g/mol. The Morgan fingerprint density at radius 2 is 1.69 bits per heavy atom. The minimum atomic E-state index is 0.674. The number of rotatable bonds is 2. The maximum atomic E-state index is 2.85. The van der Waals surface area contributed by atoms with Gasteiger partial charge in [0.05, 0.1) is 0 Å². The zero-order chi connectivity index (χ0) is 10.0. The Labute approximate surface area is 84.7 Å². The molecule has 1 heteroatoms. The van der Waals surface area contributed by atoms with E-state index in [-0.39, 0.29) is 0 Å². The van der Waals surface area contributed by atoms with Gasteiger partial charge in [-0.1, -0.05) is 44.7 Å². The lowest BCUT2D eigenvalue weighted by Gasteiger charge is -2.23. The summed E-state index contributed by atoms with van der Waals surface area (Å²) in [4.78, 5) is 0. The van der Waals surface area contributed by atoms with Crippen molar-refractivity contribution in [2.75, 3.05) is 0 Å². The Morgan fingerprint density at radius 1 is 1.08 bits per heavy atom. The van der Waals surface area contributed by atoms with Crippen LogP contribution in [0.3, 0.4) is 0 Å². The van der Waals surface area contributed by atoms with Gasteiger partial charge in [0.15, 0.2) is 0 Å². The topological polar surface area (TPSA) is 0 Å². The van der Waals surface area contributed by atoms with Crippen LogP contribution in [0.1, 0.15) is 40.5 Å². The summed E-state index contributed by atoms with van der Waals surface area (Å²) in [5, 5.41) is 1.47. The Hall–Kier alpha value is -0.0900. The Balaban J connectivity index is 3.01. The van der Waals surface area contributed by atoms with Crippen LogP contribution >= 0.6 is 9.24 Å². The fraction of sp³-hybridized carbons (Fsp3) is 0.667. The molecule has 1 unspecified atom stereocenters. The summed E-state index contributed by atoms with van der Waals surface area (Å²) in [5.41, 5.74) is 3.24. The van der Waals surface area contributed by atoms with Crippen molar-refractivity contribution < 1.29 is 0 Å². The van der Waals surface area contributed by atoms with Crippen LogP contribution in [0, 0.1) is 11.8 Å². The quantitative estimate of drug-likeness (QED) is 0.582. The molecule has 1 atom stereocenters. The first-order valence-corrected chi connectivity index (χ1v) is 5.79. The minimum Gasteiger partial charge on any atom is -0.110 e. The first-order chi connectivity index (χ1) is 6.02. The van der Waals surface area contributed by atoms with E-state index in [0.29, 0.717) is 11.8 Å². The van der Waals surface area contributed by atoms with E-state index >= 15 is 0 Å². The lowest BCUT2D eigenvalue weighted by atomic mass is 9.84. The van der Waals surface area contributed by atoms with E-state index in [1.54, 1.807) is 11.1 Å². The number of hydrogen-bond donors (Lipinski definition) is 0. The number of allylic oxidation sites excluding steroid dienone is 4. The summed E-state index contributed by atoms with van der Waals surface area (Å²) in [6.07, 6.45) is 4.86. The van der Waals surface area contributed by atoms with E-state index in [9.17, 15) is 0 Å². The molecule has 13 heavy (non-hydrogen) atoms. The van der Waals surface area contributed by atoms with Crippen molar-refractivity contribution in [3.05, 3.63) is 22.5 Å². The van der Waals surface area contributed by atoms with Crippen LogP contribution < -0.4 is 0 Å². The van der Waals surface area contributed by atoms with Crippen molar-refractivity contribution in [1.29, 1.82) is 0 Å². The number of hydrogen-bond acceptors (Lipinski definition) is 0. The lowest BCUT2D eigenvalue weighted by Crippen LogP contribution is -2.07. The van der Waals surface area contributed by atoms with Crippen molar-refractivity contribution in [2.45, 2.75) is 40.5 Å². The molecule has 0 saturated heterocycles. The molecule has 0 bridgehead atoms. The van der Waals surface area contributed by atoms with Crippen molar-refractivity contribution in [1.82, 2.24) is 0 Å². The molecule has 0 radical (unpaired) electrons. The van der Waals surface area contributed by atoms with E-state index in [1.165, 1.54) is 18.2 Å². The van der Waals surface area contributed by atoms with Gasteiger partial charge in [0.25, 0.3) is 0 Å². The average Bonchev–Trinajstić information content (AvgIpc) is 2.03. The van der Waals surface area contributed by atoms with Gasteiger partial charge in [-0.3, -0.25) is 0 Å². The average molecular weight is 196 g/mol. The SMILES string of the molecule is CC(C)C1=C(C(C)C)CCC(P)=C1. The molecule has 0 spiro atoms. The first kappa shape index (κ1) is 11.0. The highest BCUT2D eigenvalue weighted by atomic mass is 31.0. The van der Waals surface area contributed by atoms with Gasteiger partial charge >= 0.3 is 0 Å². The largest absolute Gasteiger partial charge is 0.110 e. The van der Waals surface area contributed by atoms with Gasteiger partial charge in [-0.05, 0) is 30.3 Å². The van der Waals surface area contributed by atoms with Gasteiger partial charge in [-0.2, -0.15) is 0 Å². The molecule has 0 nitrogen and oxygen atoms in total.